The summed E-state index contributed by atoms with van der Waals surface area (Å²) in [5.41, 5.74) is 12.1. The monoisotopic (exact) mass is 560 g/mol. The summed E-state index contributed by atoms with van der Waals surface area (Å²) in [7, 11) is 0. The van der Waals surface area contributed by atoms with Gasteiger partial charge in [-0.25, -0.2) is 0 Å². The van der Waals surface area contributed by atoms with Crippen LogP contribution in [0.3, 0.4) is 0 Å². The third-order valence-electron chi connectivity index (χ3n) is 5.54. The van der Waals surface area contributed by atoms with Crippen molar-refractivity contribution in [3.63, 3.8) is 0 Å². The van der Waals surface area contributed by atoms with Crippen LogP contribution >= 0.6 is 47.8 Å². The molecule has 0 unspecified atom stereocenters. The largest absolute Gasteiger partial charge is 0.243 e. The molecule has 3 aromatic carbocycles. The van der Waals surface area contributed by atoms with Gasteiger partial charge in [-0.1, -0.05) is 97.6 Å². The zero-order chi connectivity index (χ0) is 20.7. The van der Waals surface area contributed by atoms with Crippen LogP contribution in [0.1, 0.15) is 33.4 Å². The zero-order valence-corrected chi connectivity index (χ0v) is 21.9. The lowest BCUT2D eigenvalue weighted by Gasteiger charge is -2.27. The summed E-state index contributed by atoms with van der Waals surface area (Å²) in [5, 5.41) is 0. The SMILES string of the molecule is Cc1cc(Br)cc(C)c1B(c1c(C)cc(Br)cc1C)c1c(C)cc(Br)cc1C. The van der Waals surface area contributed by atoms with E-state index >= 15 is 0 Å². The van der Waals surface area contributed by atoms with E-state index in [1.807, 2.05) is 0 Å². The van der Waals surface area contributed by atoms with Crippen LogP contribution in [0.4, 0.5) is 0 Å². The van der Waals surface area contributed by atoms with Gasteiger partial charge in [-0.15, -0.1) is 0 Å². The van der Waals surface area contributed by atoms with E-state index in [2.05, 4.69) is 126 Å². The standard InChI is InChI=1S/C24H24BBr3/c1-13-7-19(26)8-14(2)22(13)25(23-15(3)9-20(27)10-16(23)4)24-17(5)11-21(28)12-18(24)6/h7-12H,1-6H3. The minimum atomic E-state index is 0.203. The van der Waals surface area contributed by atoms with Crippen LogP contribution in [-0.2, 0) is 0 Å². The maximum Gasteiger partial charge on any atom is 0.243 e. The van der Waals surface area contributed by atoms with Crippen LogP contribution in [0, 0.1) is 41.5 Å². The molecule has 28 heavy (non-hydrogen) atoms. The second-order valence-electron chi connectivity index (χ2n) is 7.79. The van der Waals surface area contributed by atoms with Crippen molar-refractivity contribution in [2.24, 2.45) is 0 Å². The van der Waals surface area contributed by atoms with Crippen molar-refractivity contribution in [3.8, 4) is 0 Å². The Morgan fingerprint density at radius 1 is 0.429 bits per heavy atom. The highest BCUT2D eigenvalue weighted by atomic mass is 79.9. The van der Waals surface area contributed by atoms with E-state index in [-0.39, 0.29) is 6.71 Å². The second kappa shape index (κ2) is 8.49. The predicted molar refractivity (Wildman–Crippen MR) is 136 cm³/mol. The molecule has 0 nitrogen and oxygen atoms in total. The molecule has 0 saturated carbocycles. The molecule has 0 radical (unpaired) electrons. The Kier molecular flexibility index (Phi) is 6.63. The first-order chi connectivity index (χ1) is 13.1. The van der Waals surface area contributed by atoms with Gasteiger partial charge in [0.25, 0.3) is 0 Å². The van der Waals surface area contributed by atoms with E-state index in [1.54, 1.807) is 0 Å². The number of aryl methyl sites for hydroxylation is 6. The molecule has 0 bridgehead atoms. The molecule has 144 valence electrons. The number of halogens is 3. The van der Waals surface area contributed by atoms with Crippen LogP contribution in [-0.4, -0.2) is 6.71 Å². The smallest absolute Gasteiger partial charge is 0.0628 e. The Morgan fingerprint density at radius 2 is 0.607 bits per heavy atom. The summed E-state index contributed by atoms with van der Waals surface area (Å²) < 4.78 is 3.41. The van der Waals surface area contributed by atoms with Crippen molar-refractivity contribution in [1.82, 2.24) is 0 Å². The van der Waals surface area contributed by atoms with E-state index in [0.717, 1.165) is 13.4 Å². The quantitative estimate of drug-likeness (QED) is 0.327. The van der Waals surface area contributed by atoms with E-state index in [9.17, 15) is 0 Å². The van der Waals surface area contributed by atoms with Gasteiger partial charge in [0.05, 0.1) is 0 Å². The fourth-order valence-electron chi connectivity index (χ4n) is 4.56. The van der Waals surface area contributed by atoms with E-state index in [4.69, 9.17) is 0 Å². The van der Waals surface area contributed by atoms with Gasteiger partial charge < -0.3 is 0 Å². The molecule has 3 aromatic rings. The molecule has 0 aromatic heterocycles. The summed E-state index contributed by atoms with van der Waals surface area (Å²) in [4.78, 5) is 0. The Morgan fingerprint density at radius 3 is 0.786 bits per heavy atom. The Labute approximate surface area is 194 Å². The molecular weight excluding hydrogens is 539 g/mol. The molecule has 4 heteroatoms. The average Bonchev–Trinajstić information content (AvgIpc) is 2.51. The van der Waals surface area contributed by atoms with Gasteiger partial charge in [0.2, 0.25) is 6.71 Å². The molecule has 0 spiro atoms. The molecule has 0 amide bonds. The van der Waals surface area contributed by atoms with Crippen molar-refractivity contribution >= 4 is 70.9 Å². The van der Waals surface area contributed by atoms with Crippen molar-refractivity contribution in [3.05, 3.63) is 83.2 Å². The number of benzene rings is 3. The number of rotatable bonds is 3. The molecule has 0 saturated heterocycles. The lowest BCUT2D eigenvalue weighted by molar-refractivity contribution is 1.37. The molecule has 3 rings (SSSR count). The first-order valence-corrected chi connectivity index (χ1v) is 11.8. The highest BCUT2D eigenvalue weighted by Crippen LogP contribution is 2.20. The molecular formula is C24H24BBr3. The van der Waals surface area contributed by atoms with Gasteiger partial charge in [0, 0.05) is 13.4 Å². The normalized spacial score (nSPS) is 11.0. The Balaban J connectivity index is 2.45. The molecule has 0 fully saturated rings. The summed E-state index contributed by atoms with van der Waals surface area (Å²) in [6, 6.07) is 13.4. The first-order valence-electron chi connectivity index (χ1n) is 9.40. The lowest BCUT2D eigenvalue weighted by Crippen LogP contribution is -2.57. The maximum atomic E-state index is 3.67. The van der Waals surface area contributed by atoms with Crippen LogP contribution in [0.25, 0.3) is 0 Å². The van der Waals surface area contributed by atoms with Crippen molar-refractivity contribution in [2.75, 3.05) is 0 Å². The van der Waals surface area contributed by atoms with Crippen LogP contribution < -0.4 is 16.4 Å². The molecule has 0 N–H and O–H groups in total. The second-order valence-corrected chi connectivity index (χ2v) is 10.5. The molecule has 0 aliphatic rings. The van der Waals surface area contributed by atoms with Gasteiger partial charge in [-0.2, -0.15) is 0 Å². The number of hydrogen-bond donors (Lipinski definition) is 0. The van der Waals surface area contributed by atoms with Gasteiger partial charge in [-0.3, -0.25) is 0 Å². The van der Waals surface area contributed by atoms with Crippen LogP contribution in [0.15, 0.2) is 49.8 Å². The van der Waals surface area contributed by atoms with Gasteiger partial charge in [-0.05, 0) is 77.9 Å². The van der Waals surface area contributed by atoms with Crippen molar-refractivity contribution in [1.29, 1.82) is 0 Å². The van der Waals surface area contributed by atoms with Gasteiger partial charge >= 0.3 is 0 Å². The predicted octanol–water partition coefficient (Wildman–Crippen LogP) is 6.34. The highest BCUT2D eigenvalue weighted by Gasteiger charge is 2.30. The van der Waals surface area contributed by atoms with E-state index in [0.29, 0.717) is 0 Å². The highest BCUT2D eigenvalue weighted by molar-refractivity contribution is 9.11. The number of hydrogen-bond acceptors (Lipinski definition) is 0. The third-order valence-corrected chi connectivity index (χ3v) is 6.91. The van der Waals surface area contributed by atoms with Gasteiger partial charge in [0.1, 0.15) is 0 Å². The summed E-state index contributed by atoms with van der Waals surface area (Å²) >= 11 is 11.0. The van der Waals surface area contributed by atoms with Crippen LogP contribution in [0.5, 0.6) is 0 Å². The first kappa shape index (κ1) is 21.9. The minimum Gasteiger partial charge on any atom is -0.0628 e. The minimum absolute atomic E-state index is 0.203. The topological polar surface area (TPSA) is 0 Å². The summed E-state index contributed by atoms with van der Waals surface area (Å²) in [6.07, 6.45) is 0. The molecule has 0 aliphatic carbocycles. The van der Waals surface area contributed by atoms with Crippen molar-refractivity contribution in [2.45, 2.75) is 41.5 Å². The third kappa shape index (κ3) is 4.20. The molecule has 0 aliphatic heterocycles. The Bertz CT molecular complexity index is 864. The summed E-state index contributed by atoms with van der Waals surface area (Å²) in [5.74, 6) is 0. The van der Waals surface area contributed by atoms with E-state index in [1.165, 1.54) is 49.8 Å². The molecule has 0 heterocycles. The van der Waals surface area contributed by atoms with Crippen LogP contribution in [0.2, 0.25) is 0 Å². The summed E-state index contributed by atoms with van der Waals surface area (Å²) in [6.45, 7) is 13.6. The zero-order valence-electron chi connectivity index (χ0n) is 17.2. The maximum absolute atomic E-state index is 3.67. The lowest BCUT2D eigenvalue weighted by atomic mass is 9.33. The van der Waals surface area contributed by atoms with E-state index < -0.39 is 0 Å². The average molecular weight is 563 g/mol. The fraction of sp³-hybridized carbons (Fsp3) is 0.250. The Hall–Kier alpha value is -0.835. The van der Waals surface area contributed by atoms with Crippen molar-refractivity contribution < 1.29 is 0 Å². The molecule has 0 atom stereocenters. The fourth-order valence-corrected chi connectivity index (χ4v) is 6.62. The van der Waals surface area contributed by atoms with Gasteiger partial charge in [0.15, 0.2) is 0 Å².